The normalized spacial score (nSPS) is 21.7. The predicted molar refractivity (Wildman–Crippen MR) is 123 cm³/mol. The summed E-state index contributed by atoms with van der Waals surface area (Å²) in [7, 11) is 0. The molecule has 1 unspecified atom stereocenters. The lowest BCUT2D eigenvalue weighted by Crippen LogP contribution is -2.31. The van der Waals surface area contributed by atoms with Crippen LogP contribution in [0.4, 0.5) is 16.3 Å². The molecule has 1 aliphatic heterocycles. The number of hydrogen-bond acceptors (Lipinski definition) is 4. The number of amides is 2. The molecule has 0 saturated carbocycles. The summed E-state index contributed by atoms with van der Waals surface area (Å²) in [4.78, 5) is 28.9. The molecule has 3 atom stereocenters. The number of nitrogens with one attached hydrogen (secondary N) is 2. The van der Waals surface area contributed by atoms with Crippen LogP contribution in [0.1, 0.15) is 60.6 Å². The van der Waals surface area contributed by atoms with Crippen LogP contribution in [0.5, 0.6) is 0 Å². The van der Waals surface area contributed by atoms with Crippen molar-refractivity contribution in [1.82, 2.24) is 9.55 Å². The monoisotopic (exact) mass is 426 g/mol. The van der Waals surface area contributed by atoms with Gasteiger partial charge in [-0.25, -0.2) is 9.59 Å². The molecule has 7 nitrogen and oxygen atoms in total. The van der Waals surface area contributed by atoms with E-state index in [-0.39, 0.29) is 29.0 Å². The highest BCUT2D eigenvalue weighted by molar-refractivity contribution is 5.99. The van der Waals surface area contributed by atoms with Gasteiger partial charge in [-0.2, -0.15) is 4.98 Å². The van der Waals surface area contributed by atoms with Gasteiger partial charge in [-0.1, -0.05) is 59.7 Å². The van der Waals surface area contributed by atoms with Crippen molar-refractivity contribution in [3.63, 3.8) is 0 Å². The summed E-state index contributed by atoms with van der Waals surface area (Å²) >= 11 is 0. The molecule has 2 N–H and O–H groups in total. The maximum absolute atomic E-state index is 12.7. The Hall–Kier alpha value is -2.67. The van der Waals surface area contributed by atoms with Crippen LogP contribution in [0, 0.1) is 16.7 Å². The van der Waals surface area contributed by atoms with Crippen molar-refractivity contribution in [2.45, 2.75) is 66.7 Å². The molecule has 3 rings (SSSR count). The highest BCUT2D eigenvalue weighted by Crippen LogP contribution is 2.46. The number of hydrogen-bond donors (Lipinski definition) is 2. The Morgan fingerprint density at radius 2 is 1.77 bits per heavy atom. The van der Waals surface area contributed by atoms with Gasteiger partial charge in [0.05, 0.1) is 6.10 Å². The summed E-state index contributed by atoms with van der Waals surface area (Å²) < 4.78 is 7.90. The van der Waals surface area contributed by atoms with E-state index in [1.54, 1.807) is 24.4 Å². The quantitative estimate of drug-likeness (QED) is 0.697. The van der Waals surface area contributed by atoms with Gasteiger partial charge >= 0.3 is 11.7 Å². The first kappa shape index (κ1) is 23.0. The number of anilines is 2. The van der Waals surface area contributed by atoms with Gasteiger partial charge in [-0.15, -0.1) is 0 Å². The molecule has 0 radical (unpaired) electrons. The predicted octanol–water partition coefficient (Wildman–Crippen LogP) is 5.27. The van der Waals surface area contributed by atoms with E-state index in [0.29, 0.717) is 11.6 Å². The van der Waals surface area contributed by atoms with E-state index in [9.17, 15) is 9.59 Å². The summed E-state index contributed by atoms with van der Waals surface area (Å²) in [5, 5.41) is 5.31. The van der Waals surface area contributed by atoms with Crippen LogP contribution in [-0.4, -0.2) is 21.7 Å². The fourth-order valence-electron chi connectivity index (χ4n) is 4.11. The molecule has 2 heterocycles. The second kappa shape index (κ2) is 8.83. The Morgan fingerprint density at radius 3 is 2.35 bits per heavy atom. The minimum Gasteiger partial charge on any atom is -0.354 e. The third kappa shape index (κ3) is 6.17. The molecule has 0 aliphatic carbocycles. The van der Waals surface area contributed by atoms with E-state index in [0.717, 1.165) is 12.8 Å². The average Bonchev–Trinajstić information content (AvgIpc) is 3.04. The van der Waals surface area contributed by atoms with E-state index in [2.05, 4.69) is 57.2 Å². The van der Waals surface area contributed by atoms with Crippen LogP contribution in [-0.2, 0) is 4.74 Å². The van der Waals surface area contributed by atoms with Crippen LogP contribution in [0.15, 0.2) is 47.4 Å². The van der Waals surface area contributed by atoms with Gasteiger partial charge < -0.3 is 10.1 Å². The average molecular weight is 427 g/mol. The molecule has 1 aromatic carbocycles. The number of rotatable bonds is 4. The van der Waals surface area contributed by atoms with Gasteiger partial charge in [0.15, 0.2) is 0 Å². The largest absolute Gasteiger partial charge is 0.354 e. The zero-order valence-electron chi connectivity index (χ0n) is 19.3. The summed E-state index contributed by atoms with van der Waals surface area (Å²) in [5.74, 6) is 0.532. The van der Waals surface area contributed by atoms with Crippen molar-refractivity contribution in [1.29, 1.82) is 0 Å². The lowest BCUT2D eigenvalue weighted by Gasteiger charge is -2.33. The van der Waals surface area contributed by atoms with Gasteiger partial charge in [-0.3, -0.25) is 9.88 Å². The summed E-state index contributed by atoms with van der Waals surface area (Å²) in [5.41, 5.74) is 0.419. The van der Waals surface area contributed by atoms with Crippen LogP contribution in [0.3, 0.4) is 0 Å². The lowest BCUT2D eigenvalue weighted by atomic mass is 9.73. The van der Waals surface area contributed by atoms with Crippen molar-refractivity contribution >= 4 is 17.5 Å². The van der Waals surface area contributed by atoms with Gasteiger partial charge in [-0.05, 0) is 47.8 Å². The van der Waals surface area contributed by atoms with E-state index in [1.807, 2.05) is 18.2 Å². The van der Waals surface area contributed by atoms with Crippen molar-refractivity contribution in [2.24, 2.45) is 16.7 Å². The van der Waals surface area contributed by atoms with E-state index in [4.69, 9.17) is 4.74 Å². The molecule has 1 fully saturated rings. The number of benzene rings is 1. The molecule has 7 heteroatoms. The van der Waals surface area contributed by atoms with Crippen molar-refractivity contribution < 1.29 is 9.53 Å². The third-order valence-corrected chi connectivity index (χ3v) is 5.58. The Bertz CT molecular complexity index is 957. The van der Waals surface area contributed by atoms with Gasteiger partial charge in [0.2, 0.25) is 0 Å². The van der Waals surface area contributed by atoms with Gasteiger partial charge in [0.25, 0.3) is 0 Å². The lowest BCUT2D eigenvalue weighted by molar-refractivity contribution is -0.0341. The summed E-state index contributed by atoms with van der Waals surface area (Å²) in [6, 6.07) is 10.3. The molecule has 1 saturated heterocycles. The second-order valence-electron chi connectivity index (χ2n) is 10.5. The number of carbonyl (C=O) groups excluding carboxylic acids is 1. The third-order valence-electron chi connectivity index (χ3n) is 5.58. The number of para-hydroxylation sites is 1. The SMILES string of the molecule is CC(C)(C)C[C@H]1O[C@@H](n2ccc(NC(=O)Nc3ccccc3)nc2=O)CC1C(C)(C)C. The highest BCUT2D eigenvalue weighted by Gasteiger charge is 2.44. The maximum Gasteiger partial charge on any atom is 0.351 e. The van der Waals surface area contributed by atoms with Crippen LogP contribution < -0.4 is 16.3 Å². The van der Waals surface area contributed by atoms with Crippen LogP contribution >= 0.6 is 0 Å². The van der Waals surface area contributed by atoms with Gasteiger partial charge in [0, 0.05) is 11.9 Å². The number of nitrogens with zero attached hydrogens (tertiary/aromatic N) is 2. The van der Waals surface area contributed by atoms with Crippen molar-refractivity contribution in [2.75, 3.05) is 10.6 Å². The van der Waals surface area contributed by atoms with Crippen LogP contribution in [0.25, 0.3) is 0 Å². The van der Waals surface area contributed by atoms with Crippen molar-refractivity contribution in [3.05, 3.63) is 53.1 Å². The highest BCUT2D eigenvalue weighted by atomic mass is 16.5. The molecule has 1 aromatic heterocycles. The van der Waals surface area contributed by atoms with E-state index >= 15 is 0 Å². The molecule has 2 amide bonds. The Morgan fingerprint density at radius 1 is 1.10 bits per heavy atom. The standard InChI is InChI=1S/C24H34N4O3/c1-23(2,3)15-18-17(24(4,5)6)14-20(31-18)28-13-12-19(27-22(28)30)26-21(29)25-16-10-8-7-9-11-16/h7-13,17-18,20H,14-15H2,1-6H3,(H2,25,26,27,29,30)/t17?,18-,20-/m1/s1. The molecule has 0 spiro atoms. The topological polar surface area (TPSA) is 85.2 Å². The molecule has 1 aliphatic rings. The number of aromatic nitrogens is 2. The zero-order chi connectivity index (χ0) is 22.8. The zero-order valence-corrected chi connectivity index (χ0v) is 19.3. The van der Waals surface area contributed by atoms with E-state index in [1.165, 1.54) is 4.57 Å². The van der Waals surface area contributed by atoms with Gasteiger partial charge in [0.1, 0.15) is 12.0 Å². The number of carbonyl (C=O) groups is 1. The molecular weight excluding hydrogens is 392 g/mol. The first-order valence-electron chi connectivity index (χ1n) is 10.8. The Balaban J connectivity index is 1.72. The molecule has 2 aromatic rings. The molecule has 31 heavy (non-hydrogen) atoms. The fraction of sp³-hybridized carbons (Fsp3) is 0.542. The second-order valence-corrected chi connectivity index (χ2v) is 10.5. The Kier molecular flexibility index (Phi) is 6.55. The summed E-state index contributed by atoms with van der Waals surface area (Å²) in [6.07, 6.45) is 3.05. The first-order chi connectivity index (χ1) is 14.4. The number of urea groups is 1. The Labute approximate surface area is 184 Å². The van der Waals surface area contributed by atoms with Crippen molar-refractivity contribution in [3.8, 4) is 0 Å². The minimum absolute atomic E-state index is 0.0682. The smallest absolute Gasteiger partial charge is 0.351 e. The van der Waals surface area contributed by atoms with E-state index < -0.39 is 11.7 Å². The fourth-order valence-corrected chi connectivity index (χ4v) is 4.11. The minimum atomic E-state index is -0.453. The van der Waals surface area contributed by atoms with Crippen LogP contribution in [0.2, 0.25) is 0 Å². The molecular formula is C24H34N4O3. The number of ether oxygens (including phenoxy) is 1. The first-order valence-corrected chi connectivity index (χ1v) is 10.8. The molecule has 168 valence electrons. The maximum atomic E-state index is 12.7. The summed E-state index contributed by atoms with van der Waals surface area (Å²) in [6.45, 7) is 13.3. The molecule has 0 bridgehead atoms.